The number of para-hydroxylation sites is 2. The predicted octanol–water partition coefficient (Wildman–Crippen LogP) is 9.33. The van der Waals surface area contributed by atoms with Crippen LogP contribution in [0.3, 0.4) is 0 Å². The second-order valence-corrected chi connectivity index (χ2v) is 13.6. The standard InChI is InChI=1S/C41H30N8O/c1-41(2,3)27-14-16-34-32(20-27)45-39-44-24-26-23-43-31(22-36(26)47(34)39)25-9-8-10-28(19-25)50-29-15-17-35-37(21-29)49(38-13-6-7-18-42-38)40-46-30-11-4-5-12-33(30)48(35)40/h4-24H,1-3H3. The molecule has 0 aliphatic heterocycles. The molecule has 240 valence electrons. The van der Waals surface area contributed by atoms with Gasteiger partial charge in [0.25, 0.3) is 0 Å². The predicted molar refractivity (Wildman–Crippen MR) is 197 cm³/mol. The molecule has 0 unspecified atom stereocenters. The van der Waals surface area contributed by atoms with Crippen LogP contribution in [0.5, 0.6) is 11.5 Å². The third-order valence-electron chi connectivity index (χ3n) is 9.39. The minimum atomic E-state index is 0.0277. The Morgan fingerprint density at radius 3 is 2.28 bits per heavy atom. The van der Waals surface area contributed by atoms with E-state index in [2.05, 4.69) is 86.6 Å². The van der Waals surface area contributed by atoms with E-state index in [4.69, 9.17) is 19.7 Å². The highest BCUT2D eigenvalue weighted by molar-refractivity contribution is 5.93. The number of aromatic nitrogens is 8. The molecule has 0 saturated heterocycles. The van der Waals surface area contributed by atoms with Crippen LogP contribution in [0.4, 0.5) is 0 Å². The monoisotopic (exact) mass is 650 g/mol. The Kier molecular flexibility index (Phi) is 5.93. The summed E-state index contributed by atoms with van der Waals surface area (Å²) in [5.41, 5.74) is 9.92. The lowest BCUT2D eigenvalue weighted by Crippen LogP contribution is -2.10. The molecule has 9 heteroatoms. The van der Waals surface area contributed by atoms with Crippen molar-refractivity contribution in [2.45, 2.75) is 26.2 Å². The highest BCUT2D eigenvalue weighted by atomic mass is 16.5. The van der Waals surface area contributed by atoms with E-state index in [0.29, 0.717) is 17.3 Å². The van der Waals surface area contributed by atoms with Crippen LogP contribution in [0.15, 0.2) is 128 Å². The molecule has 4 aromatic carbocycles. The zero-order valence-corrected chi connectivity index (χ0v) is 27.6. The molecule has 0 aliphatic rings. The first-order valence-electron chi connectivity index (χ1n) is 16.6. The van der Waals surface area contributed by atoms with E-state index in [1.54, 1.807) is 6.20 Å². The minimum Gasteiger partial charge on any atom is -0.457 e. The smallest absolute Gasteiger partial charge is 0.235 e. The molecular weight excluding hydrogens is 621 g/mol. The molecule has 0 aliphatic carbocycles. The van der Waals surface area contributed by atoms with Crippen molar-refractivity contribution in [1.29, 1.82) is 0 Å². The number of hydrogen-bond donors (Lipinski definition) is 0. The van der Waals surface area contributed by atoms with E-state index in [1.165, 1.54) is 5.56 Å². The summed E-state index contributed by atoms with van der Waals surface area (Å²) in [6.45, 7) is 6.64. The van der Waals surface area contributed by atoms with Crippen LogP contribution in [-0.4, -0.2) is 38.3 Å². The fraction of sp³-hybridized carbons (Fsp3) is 0.0976. The van der Waals surface area contributed by atoms with Crippen molar-refractivity contribution < 1.29 is 4.74 Å². The fourth-order valence-electron chi connectivity index (χ4n) is 6.90. The number of pyridine rings is 2. The molecule has 10 aromatic rings. The largest absolute Gasteiger partial charge is 0.457 e. The zero-order chi connectivity index (χ0) is 33.6. The molecule has 0 N–H and O–H groups in total. The van der Waals surface area contributed by atoms with Gasteiger partial charge in [-0.25, -0.2) is 19.9 Å². The van der Waals surface area contributed by atoms with Gasteiger partial charge in [-0.05, 0) is 77.7 Å². The number of hydrogen-bond acceptors (Lipinski definition) is 6. The van der Waals surface area contributed by atoms with E-state index >= 15 is 0 Å². The SMILES string of the molecule is CC(C)(C)c1ccc2c(c1)nc1ncc3cnc(-c4cccc(Oc5ccc6c(c5)n(-c5ccccn5)c5nc7ccccc7n65)c4)cc3n12. The van der Waals surface area contributed by atoms with Gasteiger partial charge in [-0.2, -0.15) is 0 Å². The second kappa shape index (κ2) is 10.4. The summed E-state index contributed by atoms with van der Waals surface area (Å²) in [5, 5.41) is 0.941. The number of benzene rings is 4. The molecule has 10 rings (SSSR count). The number of nitrogens with zero attached hydrogens (tertiary/aromatic N) is 8. The molecule has 0 bridgehead atoms. The Labute approximate surface area is 286 Å². The normalized spacial score (nSPS) is 12.3. The molecule has 6 aromatic heterocycles. The van der Waals surface area contributed by atoms with Gasteiger partial charge < -0.3 is 4.74 Å². The molecule has 0 saturated carbocycles. The Morgan fingerprint density at radius 2 is 1.40 bits per heavy atom. The minimum absolute atomic E-state index is 0.0277. The molecule has 6 heterocycles. The lowest BCUT2D eigenvalue weighted by atomic mass is 9.87. The van der Waals surface area contributed by atoms with Crippen molar-refractivity contribution in [2.75, 3.05) is 0 Å². The Bertz CT molecular complexity index is 2950. The van der Waals surface area contributed by atoms with E-state index in [9.17, 15) is 0 Å². The van der Waals surface area contributed by atoms with E-state index in [0.717, 1.165) is 66.9 Å². The second-order valence-electron chi connectivity index (χ2n) is 13.6. The molecule has 0 atom stereocenters. The van der Waals surface area contributed by atoms with Crippen LogP contribution in [0.25, 0.3) is 72.6 Å². The summed E-state index contributed by atoms with van der Waals surface area (Å²) in [7, 11) is 0. The van der Waals surface area contributed by atoms with Crippen LogP contribution in [0, 0.1) is 0 Å². The zero-order valence-electron chi connectivity index (χ0n) is 27.6. The van der Waals surface area contributed by atoms with Gasteiger partial charge >= 0.3 is 0 Å². The third-order valence-corrected chi connectivity index (χ3v) is 9.39. The van der Waals surface area contributed by atoms with Gasteiger partial charge in [-0.3, -0.25) is 18.4 Å². The summed E-state index contributed by atoms with van der Waals surface area (Å²) in [5.74, 6) is 3.66. The van der Waals surface area contributed by atoms with Gasteiger partial charge in [0.05, 0.1) is 44.3 Å². The average molecular weight is 651 g/mol. The highest BCUT2D eigenvalue weighted by Gasteiger charge is 2.20. The number of ether oxygens (including phenoxy) is 1. The molecule has 0 fully saturated rings. The first-order chi connectivity index (χ1) is 24.4. The van der Waals surface area contributed by atoms with Gasteiger partial charge in [-0.1, -0.05) is 57.2 Å². The van der Waals surface area contributed by atoms with Crippen LogP contribution >= 0.6 is 0 Å². The molecule has 9 nitrogen and oxygen atoms in total. The molecular formula is C41H30N8O. The maximum absolute atomic E-state index is 6.52. The van der Waals surface area contributed by atoms with Crippen LogP contribution in [0.1, 0.15) is 26.3 Å². The molecule has 0 radical (unpaired) electrons. The van der Waals surface area contributed by atoms with Crippen LogP contribution < -0.4 is 4.74 Å². The number of rotatable bonds is 4. The Balaban J connectivity index is 1.06. The lowest BCUT2D eigenvalue weighted by Gasteiger charge is -2.18. The average Bonchev–Trinajstić information content (AvgIpc) is 3.79. The lowest BCUT2D eigenvalue weighted by molar-refractivity contribution is 0.483. The van der Waals surface area contributed by atoms with Crippen LogP contribution in [0.2, 0.25) is 0 Å². The van der Waals surface area contributed by atoms with Gasteiger partial charge in [0.2, 0.25) is 11.6 Å². The first-order valence-corrected chi connectivity index (χ1v) is 16.6. The number of imidazole rings is 3. The quantitative estimate of drug-likeness (QED) is 0.189. The molecule has 50 heavy (non-hydrogen) atoms. The summed E-state index contributed by atoms with van der Waals surface area (Å²) in [4.78, 5) is 24.0. The van der Waals surface area contributed by atoms with Crippen LogP contribution in [-0.2, 0) is 5.41 Å². The van der Waals surface area contributed by atoms with E-state index in [1.807, 2.05) is 79.1 Å². The summed E-state index contributed by atoms with van der Waals surface area (Å²) < 4.78 is 12.9. The first kappa shape index (κ1) is 28.4. The highest BCUT2D eigenvalue weighted by Crippen LogP contribution is 2.34. The van der Waals surface area contributed by atoms with Crippen molar-refractivity contribution in [3.8, 4) is 28.6 Å². The summed E-state index contributed by atoms with van der Waals surface area (Å²) >= 11 is 0. The van der Waals surface area contributed by atoms with Gasteiger partial charge in [0.15, 0.2) is 0 Å². The summed E-state index contributed by atoms with van der Waals surface area (Å²) in [6, 6.07) is 36.8. The van der Waals surface area contributed by atoms with Crippen molar-refractivity contribution in [3.05, 3.63) is 133 Å². The fourth-order valence-corrected chi connectivity index (χ4v) is 6.90. The third kappa shape index (κ3) is 4.36. The van der Waals surface area contributed by atoms with Crippen molar-refractivity contribution in [2.24, 2.45) is 0 Å². The van der Waals surface area contributed by atoms with Crippen molar-refractivity contribution in [3.63, 3.8) is 0 Å². The Morgan fingerprint density at radius 1 is 0.580 bits per heavy atom. The number of fused-ring (bicyclic) bond motifs is 10. The topological polar surface area (TPSA) is 87.4 Å². The maximum atomic E-state index is 6.52. The molecule has 0 spiro atoms. The van der Waals surface area contributed by atoms with Gasteiger partial charge in [-0.15, -0.1) is 0 Å². The van der Waals surface area contributed by atoms with Gasteiger partial charge in [0.1, 0.15) is 17.3 Å². The van der Waals surface area contributed by atoms with E-state index < -0.39 is 0 Å². The summed E-state index contributed by atoms with van der Waals surface area (Å²) in [6.07, 6.45) is 5.51. The molecule has 0 amide bonds. The maximum Gasteiger partial charge on any atom is 0.235 e. The van der Waals surface area contributed by atoms with Gasteiger partial charge in [0, 0.05) is 35.6 Å². The van der Waals surface area contributed by atoms with Crippen molar-refractivity contribution in [1.82, 2.24) is 38.3 Å². The Hall–Kier alpha value is -6.61. The van der Waals surface area contributed by atoms with E-state index in [-0.39, 0.29) is 5.41 Å². The van der Waals surface area contributed by atoms with Crippen molar-refractivity contribution >= 4 is 55.6 Å².